The molecule has 4 fully saturated rings. The third kappa shape index (κ3) is 6.34. The van der Waals surface area contributed by atoms with Gasteiger partial charge < -0.3 is 24.8 Å². The van der Waals surface area contributed by atoms with Gasteiger partial charge in [0.05, 0.1) is 29.7 Å². The predicted octanol–water partition coefficient (Wildman–Crippen LogP) is 4.97. The zero-order valence-electron chi connectivity index (χ0n) is 27.4. The van der Waals surface area contributed by atoms with Crippen molar-refractivity contribution in [3.8, 4) is 0 Å². The summed E-state index contributed by atoms with van der Waals surface area (Å²) < 4.78 is 45.8. The maximum atomic E-state index is 14.6. The molecule has 0 saturated carbocycles. The Morgan fingerprint density at radius 2 is 1.85 bits per heavy atom. The van der Waals surface area contributed by atoms with E-state index in [1.54, 1.807) is 12.3 Å². The van der Waals surface area contributed by atoms with E-state index in [0.29, 0.717) is 49.4 Å². The lowest BCUT2D eigenvalue weighted by Crippen LogP contribution is -2.46. The number of rotatable bonds is 8. The number of ether oxygens (including phenoxy) is 1. The lowest BCUT2D eigenvalue weighted by molar-refractivity contribution is -0.126. The number of pyridine rings is 1. The summed E-state index contributed by atoms with van der Waals surface area (Å²) in [5.41, 5.74) is 2.06. The average Bonchev–Trinajstić information content (AvgIpc) is 3.78. The van der Waals surface area contributed by atoms with E-state index in [9.17, 15) is 17.6 Å². The summed E-state index contributed by atoms with van der Waals surface area (Å²) in [6.45, 7) is 6.62. The second-order valence-electron chi connectivity index (χ2n) is 13.5. The van der Waals surface area contributed by atoms with Gasteiger partial charge in [-0.2, -0.15) is 4.98 Å². The van der Waals surface area contributed by atoms with Crippen LogP contribution in [0.25, 0.3) is 10.8 Å². The Balaban J connectivity index is 1.20. The zero-order valence-corrected chi connectivity index (χ0v) is 28.2. The van der Waals surface area contributed by atoms with Crippen LogP contribution in [0.5, 0.6) is 0 Å². The maximum Gasteiger partial charge on any atom is 0.246 e. The van der Waals surface area contributed by atoms with Gasteiger partial charge in [-0.1, -0.05) is 19.1 Å². The minimum absolute atomic E-state index is 0.0863. The number of sulfone groups is 1. The summed E-state index contributed by atoms with van der Waals surface area (Å²) in [5, 5.41) is 5.00. The first kappa shape index (κ1) is 32.7. The second kappa shape index (κ2) is 13.6. The van der Waals surface area contributed by atoms with E-state index in [-0.39, 0.29) is 29.7 Å². The van der Waals surface area contributed by atoms with Crippen LogP contribution in [0, 0.1) is 5.92 Å². The van der Waals surface area contributed by atoms with Gasteiger partial charge in [-0.25, -0.2) is 22.8 Å². The minimum atomic E-state index is -3.07. The van der Waals surface area contributed by atoms with E-state index in [2.05, 4.69) is 38.9 Å². The predicted molar refractivity (Wildman–Crippen MR) is 185 cm³/mol. The highest BCUT2D eigenvalue weighted by Gasteiger charge is 2.39. The van der Waals surface area contributed by atoms with Gasteiger partial charge in [-0.15, -0.1) is 0 Å². The third-order valence-electron chi connectivity index (χ3n) is 10.7. The van der Waals surface area contributed by atoms with Crippen molar-refractivity contribution in [3.05, 3.63) is 54.9 Å². The van der Waals surface area contributed by atoms with Gasteiger partial charge >= 0.3 is 0 Å². The number of hydrogen-bond acceptors (Lipinski definition) is 10. The topological polar surface area (TPSA) is 121 Å². The number of aromatic nitrogens is 3. The highest BCUT2D eigenvalue weighted by molar-refractivity contribution is 7.92. The molecule has 0 radical (unpaired) electrons. The van der Waals surface area contributed by atoms with Gasteiger partial charge in [0.25, 0.3) is 0 Å². The Morgan fingerprint density at radius 1 is 1.00 bits per heavy atom. The van der Waals surface area contributed by atoms with E-state index in [0.717, 1.165) is 67.1 Å². The molecule has 1 N–H and O–H groups in total. The normalized spacial score (nSPS) is 27.4. The molecule has 2 aromatic heterocycles. The van der Waals surface area contributed by atoms with Crippen LogP contribution in [0.2, 0.25) is 0 Å². The van der Waals surface area contributed by atoms with Gasteiger partial charge in [0, 0.05) is 56.8 Å². The van der Waals surface area contributed by atoms with Crippen molar-refractivity contribution in [2.45, 2.75) is 68.5 Å². The van der Waals surface area contributed by atoms with Crippen LogP contribution in [-0.2, 0) is 19.4 Å². The molecular formula is C35H44FN7O4S. The molecule has 0 aliphatic carbocycles. The SMILES string of the molecule is C=CC(=O)N1CCC[C@@H]1c1ccc(N2CC[C@@H]([C@H]3CCCCS3(=O)=O)C2)c2cnc(Nc3ccnc(N4CC[C@@H](OC)[C@@H](F)C4)n3)cc12. The molecule has 0 bridgehead atoms. The van der Waals surface area contributed by atoms with Crippen LogP contribution in [0.1, 0.15) is 56.6 Å². The summed E-state index contributed by atoms with van der Waals surface area (Å²) in [4.78, 5) is 32.8. The standard InChI is InChI=1S/C35H44FN7O4S/c1-3-34(44)43-15-6-7-29(43)24-9-10-28(41-16-12-23(21-41)31-8-4-5-18-48(31,45)46)26-20-38-33(19-25(24)26)39-32-11-14-37-35(40-32)42-17-13-30(47-2)27(36)22-42/h3,9-11,14,19-20,23,27,29-31H,1,4-8,12-13,15-18,21-22H2,2H3,(H,37,38,39,40)/t23-,27+,29-,30-,31-/m1/s1. The summed E-state index contributed by atoms with van der Waals surface area (Å²) in [6.07, 6.45) is 8.95. The van der Waals surface area contributed by atoms with E-state index in [4.69, 9.17) is 9.72 Å². The molecule has 1 aromatic carbocycles. The number of nitrogens with one attached hydrogen (secondary N) is 1. The Kier molecular flexibility index (Phi) is 9.25. The van der Waals surface area contributed by atoms with E-state index in [1.807, 2.05) is 22.1 Å². The van der Waals surface area contributed by atoms with Gasteiger partial charge in [-0.05, 0) is 79.7 Å². The molecule has 4 aliphatic rings. The second-order valence-corrected chi connectivity index (χ2v) is 15.8. The van der Waals surface area contributed by atoms with Crippen molar-refractivity contribution in [1.29, 1.82) is 0 Å². The average molecular weight is 678 g/mol. The molecule has 48 heavy (non-hydrogen) atoms. The summed E-state index contributed by atoms with van der Waals surface area (Å²) in [5.74, 6) is 1.87. The summed E-state index contributed by atoms with van der Waals surface area (Å²) >= 11 is 0. The molecule has 6 heterocycles. The van der Waals surface area contributed by atoms with Crippen molar-refractivity contribution in [2.75, 3.05) is 60.7 Å². The third-order valence-corrected chi connectivity index (χ3v) is 13.1. The number of methoxy groups -OCH3 is 1. The number of fused-ring (bicyclic) bond motifs is 1. The lowest BCUT2D eigenvalue weighted by atomic mass is 9.96. The Hall–Kier alpha value is -3.84. The first-order valence-electron chi connectivity index (χ1n) is 17.1. The maximum absolute atomic E-state index is 14.6. The number of likely N-dealkylation sites (tertiary alicyclic amines) is 1. The Bertz CT molecular complexity index is 1790. The molecule has 0 spiro atoms. The number of amides is 1. The highest BCUT2D eigenvalue weighted by atomic mass is 32.2. The van der Waals surface area contributed by atoms with Crippen LogP contribution in [0.4, 0.5) is 27.7 Å². The number of piperidine rings is 1. The van der Waals surface area contributed by atoms with E-state index in [1.165, 1.54) is 13.2 Å². The van der Waals surface area contributed by atoms with Gasteiger partial charge in [0.15, 0.2) is 9.84 Å². The number of halogens is 1. The van der Waals surface area contributed by atoms with Crippen LogP contribution in [-0.4, -0.2) is 97.3 Å². The van der Waals surface area contributed by atoms with Crippen LogP contribution in [0.3, 0.4) is 0 Å². The van der Waals surface area contributed by atoms with E-state index >= 15 is 0 Å². The number of carbonyl (C=O) groups is 1. The Morgan fingerprint density at radius 3 is 2.65 bits per heavy atom. The molecule has 256 valence electrons. The number of benzene rings is 1. The number of anilines is 4. The van der Waals surface area contributed by atoms with Gasteiger partial charge in [-0.3, -0.25) is 4.79 Å². The number of alkyl halides is 1. The van der Waals surface area contributed by atoms with Crippen LogP contribution < -0.4 is 15.1 Å². The highest BCUT2D eigenvalue weighted by Crippen LogP contribution is 2.42. The molecule has 7 rings (SSSR count). The van der Waals surface area contributed by atoms with Crippen molar-refractivity contribution in [1.82, 2.24) is 19.9 Å². The first-order chi connectivity index (χ1) is 23.3. The molecule has 1 amide bonds. The van der Waals surface area contributed by atoms with Crippen molar-refractivity contribution in [3.63, 3.8) is 0 Å². The van der Waals surface area contributed by atoms with E-state index < -0.39 is 22.1 Å². The Labute approximate surface area is 281 Å². The zero-order chi connectivity index (χ0) is 33.4. The van der Waals surface area contributed by atoms with Crippen LogP contribution in [0.15, 0.2) is 49.3 Å². The van der Waals surface area contributed by atoms with Crippen molar-refractivity contribution < 1.29 is 22.3 Å². The first-order valence-corrected chi connectivity index (χ1v) is 18.8. The van der Waals surface area contributed by atoms with Crippen molar-refractivity contribution >= 4 is 49.8 Å². The summed E-state index contributed by atoms with van der Waals surface area (Å²) in [7, 11) is -1.54. The lowest BCUT2D eigenvalue weighted by Gasteiger charge is -2.33. The number of nitrogens with zero attached hydrogens (tertiary/aromatic N) is 6. The van der Waals surface area contributed by atoms with Gasteiger partial charge in [0.2, 0.25) is 11.9 Å². The fourth-order valence-corrected chi connectivity index (χ4v) is 10.4. The largest absolute Gasteiger partial charge is 0.378 e. The molecule has 0 unspecified atom stereocenters. The fourth-order valence-electron chi connectivity index (χ4n) is 8.20. The number of hydrogen-bond donors (Lipinski definition) is 1. The van der Waals surface area contributed by atoms with Crippen molar-refractivity contribution in [2.24, 2.45) is 5.92 Å². The van der Waals surface area contributed by atoms with Crippen LogP contribution >= 0.6 is 0 Å². The monoisotopic (exact) mass is 677 g/mol. The molecule has 5 atom stereocenters. The van der Waals surface area contributed by atoms with Gasteiger partial charge in [0.1, 0.15) is 17.8 Å². The molecule has 11 nitrogen and oxygen atoms in total. The molecule has 13 heteroatoms. The molecule has 4 saturated heterocycles. The molecular weight excluding hydrogens is 633 g/mol. The fraction of sp³-hybridized carbons (Fsp3) is 0.543. The number of carbonyl (C=O) groups excluding carboxylic acids is 1. The molecule has 4 aliphatic heterocycles. The quantitative estimate of drug-likeness (QED) is 0.327. The minimum Gasteiger partial charge on any atom is -0.378 e. The molecule has 3 aromatic rings. The summed E-state index contributed by atoms with van der Waals surface area (Å²) in [6, 6.07) is 7.89. The smallest absolute Gasteiger partial charge is 0.246 e.